The molecule has 0 atom stereocenters. The maximum absolute atomic E-state index is 5.81. The summed E-state index contributed by atoms with van der Waals surface area (Å²) in [5, 5.41) is 9.79. The van der Waals surface area contributed by atoms with E-state index in [1.165, 1.54) is 0 Å². The van der Waals surface area contributed by atoms with Crippen LogP contribution in [0.1, 0.15) is 45.0 Å². The largest absolute Gasteiger partial charge is 0.443 e. The molecule has 0 spiro atoms. The molecule has 0 unspecified atom stereocenters. The van der Waals surface area contributed by atoms with E-state index in [-0.39, 0.29) is 5.41 Å². The fourth-order valence-electron chi connectivity index (χ4n) is 2.66. The van der Waals surface area contributed by atoms with Crippen molar-refractivity contribution in [2.75, 3.05) is 13.1 Å². The van der Waals surface area contributed by atoms with E-state index < -0.39 is 0 Å². The number of nitrogens with one attached hydrogen (secondary N) is 2. The van der Waals surface area contributed by atoms with E-state index in [9.17, 15) is 0 Å². The van der Waals surface area contributed by atoms with Gasteiger partial charge in [0, 0.05) is 35.9 Å². The van der Waals surface area contributed by atoms with Crippen LogP contribution in [-0.4, -0.2) is 29.0 Å². The molecule has 2 aromatic heterocycles. The first-order valence-corrected chi connectivity index (χ1v) is 10.8. The van der Waals surface area contributed by atoms with Gasteiger partial charge in [-0.2, -0.15) is 0 Å². The molecule has 1 aromatic carbocycles. The highest BCUT2D eigenvalue weighted by Gasteiger charge is 2.19. The van der Waals surface area contributed by atoms with Gasteiger partial charge in [-0.05, 0) is 6.92 Å². The van der Waals surface area contributed by atoms with Crippen LogP contribution in [0.3, 0.4) is 0 Å². The van der Waals surface area contributed by atoms with Crippen molar-refractivity contribution >= 4 is 17.3 Å². The zero-order valence-electron chi connectivity index (χ0n) is 17.5. The fourth-order valence-corrected chi connectivity index (χ4v) is 3.52. The lowest BCUT2D eigenvalue weighted by molar-refractivity contribution is 0.383. The van der Waals surface area contributed by atoms with E-state index in [1.54, 1.807) is 17.5 Å². The van der Waals surface area contributed by atoms with Crippen molar-refractivity contribution in [3.05, 3.63) is 59.3 Å². The molecule has 2 heterocycles. The number of thiazole rings is 1. The van der Waals surface area contributed by atoms with E-state index >= 15 is 0 Å². The van der Waals surface area contributed by atoms with Crippen LogP contribution in [0.2, 0.25) is 0 Å². The van der Waals surface area contributed by atoms with Gasteiger partial charge in [-0.15, -0.1) is 11.3 Å². The average Bonchev–Trinajstić information content (AvgIpc) is 3.36. The van der Waals surface area contributed by atoms with Gasteiger partial charge in [-0.1, -0.05) is 51.1 Å². The highest BCUT2D eigenvalue weighted by molar-refractivity contribution is 7.13. The van der Waals surface area contributed by atoms with Crippen LogP contribution in [0.5, 0.6) is 0 Å². The molecule has 3 aromatic rings. The zero-order chi connectivity index (χ0) is 20.7. The smallest absolute Gasteiger partial charge is 0.216 e. The second kappa shape index (κ2) is 9.69. The SMILES string of the molecule is CCNC(=NCc1ncc(C(C)(C)C)o1)NCCc1csc(-c2ccccc2)n1. The minimum absolute atomic E-state index is 0.0517. The Labute approximate surface area is 176 Å². The predicted octanol–water partition coefficient (Wildman–Crippen LogP) is 4.39. The molecule has 0 aliphatic heterocycles. The molecule has 6 nitrogen and oxygen atoms in total. The van der Waals surface area contributed by atoms with Gasteiger partial charge in [0.2, 0.25) is 5.89 Å². The number of hydrogen-bond donors (Lipinski definition) is 2. The van der Waals surface area contributed by atoms with Crippen molar-refractivity contribution in [1.82, 2.24) is 20.6 Å². The van der Waals surface area contributed by atoms with Crippen molar-refractivity contribution in [1.29, 1.82) is 0 Å². The molecule has 0 bridgehead atoms. The molecule has 0 saturated heterocycles. The number of rotatable bonds is 7. The second-order valence-electron chi connectivity index (χ2n) is 7.75. The summed E-state index contributed by atoms with van der Waals surface area (Å²) in [5.41, 5.74) is 2.19. The number of oxazole rings is 1. The van der Waals surface area contributed by atoms with E-state index in [4.69, 9.17) is 9.40 Å². The Hall–Kier alpha value is -2.67. The molecular formula is C22H29N5OS. The number of nitrogens with zero attached hydrogens (tertiary/aromatic N) is 3. The van der Waals surface area contributed by atoms with Gasteiger partial charge in [-0.25, -0.2) is 15.0 Å². The maximum Gasteiger partial charge on any atom is 0.216 e. The Kier molecular flexibility index (Phi) is 7.04. The normalized spacial score (nSPS) is 12.2. The maximum atomic E-state index is 5.81. The standard InChI is InChI=1S/C22H29N5OS/c1-5-23-21(26-14-19-25-13-18(28-19)22(2,3)4)24-12-11-17-15-29-20(27-17)16-9-7-6-8-10-16/h6-10,13,15H,5,11-12,14H2,1-4H3,(H2,23,24,26). The third-order valence-electron chi connectivity index (χ3n) is 4.26. The van der Waals surface area contributed by atoms with Gasteiger partial charge in [0.25, 0.3) is 0 Å². The molecule has 7 heteroatoms. The fraction of sp³-hybridized carbons (Fsp3) is 0.409. The van der Waals surface area contributed by atoms with Gasteiger partial charge in [0.05, 0.1) is 11.9 Å². The van der Waals surface area contributed by atoms with Crippen LogP contribution in [0, 0.1) is 0 Å². The lowest BCUT2D eigenvalue weighted by Crippen LogP contribution is -2.38. The van der Waals surface area contributed by atoms with Crippen molar-refractivity contribution in [2.45, 2.75) is 46.1 Å². The van der Waals surface area contributed by atoms with Crippen LogP contribution in [0.15, 0.2) is 51.3 Å². The van der Waals surface area contributed by atoms with E-state index in [0.717, 1.165) is 47.5 Å². The van der Waals surface area contributed by atoms with Gasteiger partial charge in [0.1, 0.15) is 17.3 Å². The summed E-state index contributed by atoms with van der Waals surface area (Å²) in [4.78, 5) is 13.7. The Morgan fingerprint density at radius 2 is 1.97 bits per heavy atom. The third kappa shape index (κ3) is 6.15. The minimum Gasteiger partial charge on any atom is -0.443 e. The molecule has 0 amide bonds. The molecule has 0 aliphatic carbocycles. The number of guanidine groups is 1. The first kappa shape index (κ1) is 21.0. The highest BCUT2D eigenvalue weighted by atomic mass is 32.1. The quantitative estimate of drug-likeness (QED) is 0.445. The highest BCUT2D eigenvalue weighted by Crippen LogP contribution is 2.24. The molecular weight excluding hydrogens is 382 g/mol. The molecule has 3 rings (SSSR count). The summed E-state index contributed by atoms with van der Waals surface area (Å²) in [5.74, 6) is 2.25. The molecule has 154 valence electrons. The van der Waals surface area contributed by atoms with Crippen LogP contribution in [0.25, 0.3) is 10.6 Å². The topological polar surface area (TPSA) is 75.3 Å². The summed E-state index contributed by atoms with van der Waals surface area (Å²) in [6.45, 7) is 10.3. The Bertz CT molecular complexity index is 924. The average molecular weight is 412 g/mol. The van der Waals surface area contributed by atoms with Crippen LogP contribution in [-0.2, 0) is 18.4 Å². The molecule has 0 fully saturated rings. The van der Waals surface area contributed by atoms with E-state index in [1.807, 2.05) is 25.1 Å². The van der Waals surface area contributed by atoms with Crippen LogP contribution >= 0.6 is 11.3 Å². The summed E-state index contributed by atoms with van der Waals surface area (Å²) in [6.07, 6.45) is 2.62. The van der Waals surface area contributed by atoms with E-state index in [0.29, 0.717) is 12.4 Å². The van der Waals surface area contributed by atoms with Crippen LogP contribution in [0.4, 0.5) is 0 Å². The number of benzene rings is 1. The van der Waals surface area contributed by atoms with Gasteiger partial charge in [-0.3, -0.25) is 0 Å². The summed E-state index contributed by atoms with van der Waals surface area (Å²) in [6, 6.07) is 10.3. The minimum atomic E-state index is -0.0517. The van der Waals surface area contributed by atoms with Crippen LogP contribution < -0.4 is 10.6 Å². The summed E-state index contributed by atoms with van der Waals surface area (Å²) < 4.78 is 5.81. The Morgan fingerprint density at radius 3 is 2.66 bits per heavy atom. The van der Waals surface area contributed by atoms with Crippen molar-refractivity contribution < 1.29 is 4.42 Å². The van der Waals surface area contributed by atoms with Crippen molar-refractivity contribution in [3.8, 4) is 10.6 Å². The monoisotopic (exact) mass is 411 g/mol. The zero-order valence-corrected chi connectivity index (χ0v) is 18.3. The van der Waals surface area contributed by atoms with Gasteiger partial charge >= 0.3 is 0 Å². The number of aromatic nitrogens is 2. The number of aliphatic imine (C=N–C) groups is 1. The lowest BCUT2D eigenvalue weighted by Gasteiger charge is -2.13. The first-order valence-electron chi connectivity index (χ1n) is 9.93. The first-order chi connectivity index (χ1) is 14.0. The molecule has 0 saturated carbocycles. The Balaban J connectivity index is 1.53. The summed E-state index contributed by atoms with van der Waals surface area (Å²) >= 11 is 1.68. The lowest BCUT2D eigenvalue weighted by atomic mass is 9.94. The molecule has 0 aliphatic rings. The Morgan fingerprint density at radius 1 is 1.17 bits per heavy atom. The third-order valence-corrected chi connectivity index (χ3v) is 5.20. The molecule has 0 radical (unpaired) electrons. The van der Waals surface area contributed by atoms with Crippen molar-refractivity contribution in [2.24, 2.45) is 4.99 Å². The van der Waals surface area contributed by atoms with Gasteiger partial charge in [0.15, 0.2) is 5.96 Å². The molecule has 29 heavy (non-hydrogen) atoms. The predicted molar refractivity (Wildman–Crippen MR) is 119 cm³/mol. The second-order valence-corrected chi connectivity index (χ2v) is 8.61. The number of hydrogen-bond acceptors (Lipinski definition) is 5. The molecule has 2 N–H and O–H groups in total. The van der Waals surface area contributed by atoms with E-state index in [2.05, 4.69) is 58.9 Å². The van der Waals surface area contributed by atoms with Gasteiger partial charge < -0.3 is 15.1 Å². The van der Waals surface area contributed by atoms with Crippen molar-refractivity contribution in [3.63, 3.8) is 0 Å². The summed E-state index contributed by atoms with van der Waals surface area (Å²) in [7, 11) is 0.